The van der Waals surface area contributed by atoms with Crippen LogP contribution in [-0.2, 0) is 0 Å². The smallest absolute Gasteiger partial charge is 0.272 e. The van der Waals surface area contributed by atoms with Crippen molar-refractivity contribution in [1.82, 2.24) is 9.88 Å². The number of aromatic nitrogens is 1. The van der Waals surface area contributed by atoms with Crippen LogP contribution in [0.25, 0.3) is 0 Å². The van der Waals surface area contributed by atoms with E-state index in [2.05, 4.69) is 20.9 Å². The van der Waals surface area contributed by atoms with E-state index in [0.29, 0.717) is 15.7 Å². The summed E-state index contributed by atoms with van der Waals surface area (Å²) in [5.41, 5.74) is 0.930. The third kappa shape index (κ3) is 6.81. The van der Waals surface area contributed by atoms with Gasteiger partial charge in [0.25, 0.3) is 6.43 Å². The first-order valence-corrected chi connectivity index (χ1v) is 7.62. The maximum Gasteiger partial charge on any atom is 0.272 e. The second-order valence-electron chi connectivity index (χ2n) is 4.94. The first-order valence-electron chi connectivity index (χ1n) is 6.83. The van der Waals surface area contributed by atoms with E-state index in [-0.39, 0.29) is 11.5 Å². The first-order chi connectivity index (χ1) is 10.8. The Hall–Kier alpha value is -1.89. The van der Waals surface area contributed by atoms with Crippen molar-refractivity contribution in [1.29, 1.82) is 0 Å². The van der Waals surface area contributed by atoms with Crippen LogP contribution in [0.2, 0.25) is 0 Å². The molecule has 0 atom stereocenters. The van der Waals surface area contributed by atoms with Gasteiger partial charge in [0.05, 0.1) is 10.2 Å². The van der Waals surface area contributed by atoms with Crippen molar-refractivity contribution < 1.29 is 18.3 Å². The molecule has 1 rings (SSSR count). The normalized spacial score (nSPS) is 11.2. The molecule has 0 aliphatic heterocycles. The summed E-state index contributed by atoms with van der Waals surface area (Å²) in [7, 11) is 3.66. The molecule has 4 nitrogen and oxygen atoms in total. The molecule has 1 N–H and O–H groups in total. The van der Waals surface area contributed by atoms with E-state index in [1.807, 2.05) is 14.1 Å². The van der Waals surface area contributed by atoms with Crippen LogP contribution in [0.4, 0.5) is 8.78 Å². The molecular formula is C16H19BrF2N2O2. The van der Waals surface area contributed by atoms with Crippen LogP contribution in [0, 0.1) is 0 Å². The van der Waals surface area contributed by atoms with Crippen LogP contribution < -0.4 is 4.74 Å². The van der Waals surface area contributed by atoms with Gasteiger partial charge in [-0.15, -0.1) is 0 Å². The molecule has 1 aromatic heterocycles. The maximum absolute atomic E-state index is 12.3. The first kappa shape index (κ1) is 19.2. The fourth-order valence-corrected chi connectivity index (χ4v) is 2.09. The van der Waals surface area contributed by atoms with E-state index in [9.17, 15) is 13.6 Å². The minimum Gasteiger partial charge on any atom is -0.486 e. The lowest BCUT2D eigenvalue weighted by molar-refractivity contribution is 0.0816. The van der Waals surface area contributed by atoms with Crippen LogP contribution >= 0.6 is 15.9 Å². The number of hydrogen-bond donors (Lipinski definition) is 1. The summed E-state index contributed by atoms with van der Waals surface area (Å²) in [5.74, 6) is 0.0925. The highest BCUT2D eigenvalue weighted by Crippen LogP contribution is 2.22. The molecule has 0 saturated heterocycles. The van der Waals surface area contributed by atoms with Crippen molar-refractivity contribution in [2.75, 3.05) is 20.7 Å². The highest BCUT2D eigenvalue weighted by atomic mass is 79.9. The Labute approximate surface area is 142 Å². The molecule has 0 aromatic carbocycles. The van der Waals surface area contributed by atoms with E-state index < -0.39 is 13.0 Å². The number of nitrogens with zero attached hydrogens (tertiary/aromatic N) is 1. The molecule has 23 heavy (non-hydrogen) atoms. The summed E-state index contributed by atoms with van der Waals surface area (Å²) in [5, 5.41) is 0. The number of hydrogen-bond acceptors (Lipinski definition) is 3. The summed E-state index contributed by atoms with van der Waals surface area (Å²) in [6.45, 7) is 1.02. The molecule has 7 heteroatoms. The molecule has 0 spiro atoms. The van der Waals surface area contributed by atoms with E-state index in [1.54, 1.807) is 36.2 Å². The number of halogens is 3. The number of carbonyl (C=O) groups is 1. The minimum absolute atomic E-state index is 0.166. The number of ether oxygens (including phenoxy) is 1. The predicted octanol–water partition coefficient (Wildman–Crippen LogP) is 4.19. The molecule has 0 aliphatic rings. The Bertz CT molecular complexity index is 626. The van der Waals surface area contributed by atoms with Gasteiger partial charge in [-0.3, -0.25) is 4.79 Å². The van der Waals surface area contributed by atoms with Crippen LogP contribution in [0.15, 0.2) is 46.7 Å². The molecule has 1 aromatic rings. The van der Waals surface area contributed by atoms with Gasteiger partial charge in [0.15, 0.2) is 0 Å². The van der Waals surface area contributed by atoms with Gasteiger partial charge < -0.3 is 14.6 Å². The van der Waals surface area contributed by atoms with E-state index in [0.717, 1.165) is 0 Å². The SMILES string of the molecule is C/C(=C\N(C)C)C(=O)c1cccc(OCC(F)F)c(Br)cc[nH]1. The standard InChI is InChI=1S/C16H19BrF2N2O2/c1-11(9-21(2)3)16(22)13-5-4-6-14(23-10-15(18)19)12(17)7-8-20-13/h4-9,15,20H,10H2,1-3H3/b6-4?,8-7?,11-9+,13-5?,14-12?. The second-order valence-corrected chi connectivity index (χ2v) is 5.79. The molecule has 0 amide bonds. The van der Waals surface area contributed by atoms with Gasteiger partial charge >= 0.3 is 0 Å². The van der Waals surface area contributed by atoms with Gasteiger partial charge in [-0.2, -0.15) is 0 Å². The zero-order valence-electron chi connectivity index (χ0n) is 13.1. The lowest BCUT2D eigenvalue weighted by atomic mass is 10.1. The van der Waals surface area contributed by atoms with Crippen LogP contribution in [0.1, 0.15) is 17.4 Å². The lowest BCUT2D eigenvalue weighted by Crippen LogP contribution is -2.08. The van der Waals surface area contributed by atoms with Gasteiger partial charge in [0.2, 0.25) is 5.78 Å². The molecule has 0 saturated carbocycles. The zero-order valence-corrected chi connectivity index (χ0v) is 14.7. The highest BCUT2D eigenvalue weighted by molar-refractivity contribution is 9.10. The zero-order chi connectivity index (χ0) is 17.4. The summed E-state index contributed by atoms with van der Waals surface area (Å²) < 4.78 is 30.0. The largest absolute Gasteiger partial charge is 0.486 e. The second kappa shape index (κ2) is 9.29. The monoisotopic (exact) mass is 388 g/mol. The molecule has 126 valence electrons. The van der Waals surface area contributed by atoms with Crippen molar-refractivity contribution in [3.05, 3.63) is 52.4 Å². The van der Waals surface area contributed by atoms with Crippen molar-refractivity contribution in [2.24, 2.45) is 0 Å². The summed E-state index contributed by atoms with van der Waals surface area (Å²) in [6.07, 6.45) is 0.698. The quantitative estimate of drug-likeness (QED) is 0.586. The highest BCUT2D eigenvalue weighted by Gasteiger charge is 2.08. The number of carbonyl (C=O) groups excluding carboxylic acids is 1. The molecule has 1 heterocycles. The van der Waals surface area contributed by atoms with E-state index >= 15 is 0 Å². The Morgan fingerprint density at radius 3 is 2.70 bits per heavy atom. The molecule has 0 unspecified atom stereocenters. The number of nitrogens with one attached hydrogen (secondary N) is 1. The number of alkyl halides is 2. The maximum atomic E-state index is 12.3. The summed E-state index contributed by atoms with van der Waals surface area (Å²) in [4.78, 5) is 17.0. The molecule has 0 bridgehead atoms. The fourth-order valence-electron chi connectivity index (χ4n) is 1.72. The van der Waals surface area contributed by atoms with E-state index in [4.69, 9.17) is 4.74 Å². The van der Waals surface area contributed by atoms with Gasteiger partial charge in [0.1, 0.15) is 12.4 Å². The third-order valence-electron chi connectivity index (χ3n) is 2.63. The van der Waals surface area contributed by atoms with Crippen LogP contribution in [-0.4, -0.2) is 42.8 Å². The van der Waals surface area contributed by atoms with Crippen molar-refractivity contribution in [3.8, 4) is 5.75 Å². The Kier molecular flexibility index (Phi) is 7.74. The van der Waals surface area contributed by atoms with Gasteiger partial charge in [0, 0.05) is 32.1 Å². The number of H-pyrrole nitrogens is 1. The number of rotatable bonds is 6. The summed E-state index contributed by atoms with van der Waals surface area (Å²) in [6, 6.07) is 6.24. The van der Waals surface area contributed by atoms with Crippen molar-refractivity contribution in [3.63, 3.8) is 0 Å². The topological polar surface area (TPSA) is 45.3 Å². The van der Waals surface area contributed by atoms with Crippen LogP contribution in [0.5, 0.6) is 5.75 Å². The van der Waals surface area contributed by atoms with Gasteiger partial charge in [-0.05, 0) is 41.1 Å². The predicted molar refractivity (Wildman–Crippen MR) is 89.4 cm³/mol. The third-order valence-corrected chi connectivity index (χ3v) is 3.29. The molecule has 0 aliphatic carbocycles. The van der Waals surface area contributed by atoms with Crippen molar-refractivity contribution in [2.45, 2.75) is 13.3 Å². The minimum atomic E-state index is -2.56. The summed E-state index contributed by atoms with van der Waals surface area (Å²) >= 11 is 3.25. The number of Topliss-reactive ketones (excluding diaryl/α,β-unsaturated/α-hetero) is 1. The number of allylic oxidation sites excluding steroid dienone is 1. The van der Waals surface area contributed by atoms with Gasteiger partial charge in [-0.25, -0.2) is 8.78 Å². The van der Waals surface area contributed by atoms with Crippen molar-refractivity contribution >= 4 is 21.7 Å². The average Bonchev–Trinajstić information content (AvgIpc) is 2.54. The number of ketones is 1. The Morgan fingerprint density at radius 2 is 2.09 bits per heavy atom. The van der Waals surface area contributed by atoms with E-state index in [1.165, 1.54) is 12.3 Å². The van der Waals surface area contributed by atoms with Crippen LogP contribution in [0.3, 0.4) is 0 Å². The number of aromatic amines is 1. The Balaban J connectivity index is 3.15. The fraction of sp³-hybridized carbons (Fsp3) is 0.312. The average molecular weight is 389 g/mol. The van der Waals surface area contributed by atoms with Gasteiger partial charge in [-0.1, -0.05) is 6.07 Å². The molecule has 0 fully saturated rings. The molecule has 0 radical (unpaired) electrons. The Morgan fingerprint density at radius 1 is 1.39 bits per heavy atom. The lowest BCUT2D eigenvalue weighted by Gasteiger charge is -2.06. The molecular weight excluding hydrogens is 370 g/mol.